The molecule has 14 heteroatoms. The highest BCUT2D eigenvalue weighted by Gasteiger charge is 2.34. The summed E-state index contributed by atoms with van der Waals surface area (Å²) < 4.78 is 41.9. The van der Waals surface area contributed by atoms with Gasteiger partial charge in [-0.25, -0.2) is 9.13 Å². The summed E-state index contributed by atoms with van der Waals surface area (Å²) >= 11 is 0. The first kappa shape index (κ1) is 53.7. The Balaban J connectivity index is 0. The Morgan fingerprint density at radius 3 is 1.28 bits per heavy atom. The highest BCUT2D eigenvalue weighted by atomic mass is 31.3. The lowest BCUT2D eigenvalue weighted by atomic mass is 10.1. The molecule has 1 unspecified atom stereocenters. The summed E-state index contributed by atoms with van der Waals surface area (Å²) in [5.74, 6) is -1.10. The zero-order valence-corrected chi connectivity index (χ0v) is 35.1. The van der Waals surface area contributed by atoms with Crippen LogP contribution in [0.15, 0.2) is 24.3 Å². The van der Waals surface area contributed by atoms with E-state index in [0.29, 0.717) is 12.8 Å². The van der Waals surface area contributed by atoms with Crippen molar-refractivity contribution in [2.24, 2.45) is 0 Å². The van der Waals surface area contributed by atoms with Crippen molar-refractivity contribution in [1.82, 2.24) is 6.15 Å². The predicted molar refractivity (Wildman–Crippen MR) is 214 cm³/mol. The number of phosphoric acid groups is 2. The number of ether oxygens (including phenoxy) is 2. The van der Waals surface area contributed by atoms with E-state index in [1.807, 2.05) is 0 Å². The molecule has 0 spiro atoms. The number of allylic oxidation sites excluding steroid dienone is 4. The van der Waals surface area contributed by atoms with E-state index in [9.17, 15) is 23.6 Å². The van der Waals surface area contributed by atoms with Crippen LogP contribution in [0.1, 0.15) is 194 Å². The van der Waals surface area contributed by atoms with Crippen LogP contribution in [0.5, 0.6) is 0 Å². The van der Waals surface area contributed by atoms with Gasteiger partial charge in [-0.15, -0.1) is 0 Å². The largest absolute Gasteiger partial charge is 0.481 e. The first-order valence-corrected chi connectivity index (χ1v) is 23.4. The zero-order chi connectivity index (χ0) is 38.6. The van der Waals surface area contributed by atoms with E-state index in [1.54, 1.807) is 0 Å². The van der Waals surface area contributed by atoms with Gasteiger partial charge in [-0.2, -0.15) is 4.31 Å². The number of rotatable bonds is 38. The molecule has 0 rings (SSSR count). The molecular weight excluding hydrogens is 720 g/mol. The van der Waals surface area contributed by atoms with E-state index in [-0.39, 0.29) is 19.0 Å². The molecule has 0 aromatic carbocycles. The molecule has 0 heterocycles. The number of hydrogen-bond acceptors (Lipinski definition) is 9. The topological polar surface area (TPSA) is 201 Å². The van der Waals surface area contributed by atoms with E-state index in [4.69, 9.17) is 19.3 Å². The van der Waals surface area contributed by atoms with E-state index in [0.717, 1.165) is 77.0 Å². The van der Waals surface area contributed by atoms with Crippen molar-refractivity contribution in [3.63, 3.8) is 0 Å². The number of hydrogen-bond donors (Lipinski definition) is 4. The van der Waals surface area contributed by atoms with E-state index >= 15 is 0 Å². The molecule has 0 saturated carbocycles. The zero-order valence-electron chi connectivity index (χ0n) is 33.3. The number of carbonyl (C=O) groups is 2. The van der Waals surface area contributed by atoms with Crippen molar-refractivity contribution in [1.29, 1.82) is 0 Å². The first-order valence-electron chi connectivity index (χ1n) is 20.4. The predicted octanol–water partition coefficient (Wildman–Crippen LogP) is 11.9. The average Bonchev–Trinajstić information content (AvgIpc) is 3.08. The van der Waals surface area contributed by atoms with Crippen LogP contribution >= 0.6 is 15.6 Å². The Kier molecular flexibility index (Phi) is 38.1. The normalized spacial score (nSPS) is 13.6. The fourth-order valence-electron chi connectivity index (χ4n) is 5.63. The second-order valence-electron chi connectivity index (χ2n) is 13.8. The van der Waals surface area contributed by atoms with Crippen molar-refractivity contribution in [2.75, 3.05) is 13.2 Å². The van der Waals surface area contributed by atoms with Crippen molar-refractivity contribution in [3.05, 3.63) is 24.3 Å². The SMILES string of the molecule is CCCCCCCC/C=C\CCCCCCCC(=O)OC[C@H](COP(=O)(O)OP(=O)(O)O)OC(=O)CCCCCCC/C=C\CCCCCCCC.N. The van der Waals surface area contributed by atoms with Gasteiger partial charge >= 0.3 is 27.6 Å². The van der Waals surface area contributed by atoms with Gasteiger partial charge in [-0.3, -0.25) is 14.1 Å². The maximum Gasteiger partial charge on any atom is 0.481 e. The smallest absolute Gasteiger partial charge is 0.462 e. The summed E-state index contributed by atoms with van der Waals surface area (Å²) in [7, 11) is -10.5. The standard InChI is InChI=1S/C39H74O11P2.H3N/c1-3-5-7-9-11-13-15-17-19-21-23-25-27-29-31-33-38(40)47-35-37(36-48-52(45,46)50-51(42,43)44)49-39(41)34-32-30-28-26-24-22-20-18-16-14-12-10-8-6-4-2;/h17-20,37H,3-16,21-36H2,1-2H3,(H,45,46)(H2,42,43,44);1H3/b19-17-,20-18-;/t37-;/m1./s1. The van der Waals surface area contributed by atoms with Crippen LogP contribution in [0.25, 0.3) is 0 Å². The molecule has 0 radical (unpaired) electrons. The summed E-state index contributed by atoms with van der Waals surface area (Å²) in [5.41, 5.74) is 0. The number of phosphoric ester groups is 1. The van der Waals surface area contributed by atoms with Gasteiger partial charge < -0.3 is 30.3 Å². The highest BCUT2D eigenvalue weighted by molar-refractivity contribution is 7.60. The van der Waals surface area contributed by atoms with Gasteiger partial charge in [0.05, 0.1) is 6.61 Å². The van der Waals surface area contributed by atoms with E-state index in [1.165, 1.54) is 77.0 Å². The molecule has 12 nitrogen and oxygen atoms in total. The van der Waals surface area contributed by atoms with Crippen LogP contribution in [-0.2, 0) is 37.0 Å². The molecule has 0 aromatic heterocycles. The van der Waals surface area contributed by atoms with Gasteiger partial charge in [0.25, 0.3) is 0 Å². The minimum absolute atomic E-state index is 0. The Labute approximate surface area is 322 Å². The van der Waals surface area contributed by atoms with Gasteiger partial charge in [0.2, 0.25) is 0 Å². The molecule has 0 saturated heterocycles. The Morgan fingerprint density at radius 2 is 0.887 bits per heavy atom. The Morgan fingerprint density at radius 1 is 0.528 bits per heavy atom. The maximum absolute atomic E-state index is 12.5. The van der Waals surface area contributed by atoms with Crippen LogP contribution in [0.2, 0.25) is 0 Å². The molecule has 2 atom stereocenters. The molecule has 314 valence electrons. The van der Waals surface area contributed by atoms with Crippen molar-refractivity contribution in [3.8, 4) is 0 Å². The van der Waals surface area contributed by atoms with Crippen LogP contribution in [0.3, 0.4) is 0 Å². The summed E-state index contributed by atoms with van der Waals surface area (Å²) in [6, 6.07) is 0. The fourth-order valence-corrected chi connectivity index (χ4v) is 7.25. The lowest BCUT2D eigenvalue weighted by molar-refractivity contribution is -0.161. The lowest BCUT2D eigenvalue weighted by Crippen LogP contribution is -2.29. The average molecular weight is 798 g/mol. The molecule has 53 heavy (non-hydrogen) atoms. The van der Waals surface area contributed by atoms with Crippen LogP contribution in [0.4, 0.5) is 0 Å². The molecule has 6 N–H and O–H groups in total. The highest BCUT2D eigenvalue weighted by Crippen LogP contribution is 2.57. The molecule has 0 aliphatic heterocycles. The van der Waals surface area contributed by atoms with Crippen molar-refractivity contribution < 1.29 is 51.7 Å². The lowest BCUT2D eigenvalue weighted by Gasteiger charge is -2.20. The van der Waals surface area contributed by atoms with Gasteiger partial charge in [0.15, 0.2) is 6.10 Å². The first-order chi connectivity index (χ1) is 25.0. The fraction of sp³-hybridized carbons (Fsp3) is 0.846. The molecule has 0 aliphatic rings. The van der Waals surface area contributed by atoms with Crippen molar-refractivity contribution >= 4 is 27.6 Å². The molecule has 0 fully saturated rings. The van der Waals surface area contributed by atoms with Gasteiger partial charge in [-0.1, -0.05) is 141 Å². The Hall–Kier alpha value is -1.36. The second-order valence-corrected chi connectivity index (χ2v) is 16.6. The van der Waals surface area contributed by atoms with Crippen LogP contribution in [-0.4, -0.2) is 45.9 Å². The van der Waals surface area contributed by atoms with Gasteiger partial charge in [-0.05, 0) is 64.2 Å². The van der Waals surface area contributed by atoms with Crippen molar-refractivity contribution in [2.45, 2.75) is 200 Å². The second kappa shape index (κ2) is 37.6. The summed E-state index contributed by atoms with van der Waals surface area (Å²) in [6.07, 6.45) is 37.5. The Bertz CT molecular complexity index is 1020. The maximum atomic E-state index is 12.5. The summed E-state index contributed by atoms with van der Waals surface area (Å²) in [5, 5.41) is 0. The minimum atomic E-state index is -5.32. The van der Waals surface area contributed by atoms with Gasteiger partial charge in [0.1, 0.15) is 6.61 Å². The number of unbranched alkanes of at least 4 members (excludes halogenated alkanes) is 22. The third-order valence-corrected chi connectivity index (χ3v) is 10.8. The third-order valence-electron chi connectivity index (χ3n) is 8.65. The number of esters is 2. The van der Waals surface area contributed by atoms with Gasteiger partial charge in [0, 0.05) is 12.8 Å². The molecule has 0 bridgehead atoms. The summed E-state index contributed by atoms with van der Waals surface area (Å²) in [6.45, 7) is 3.27. The van der Waals surface area contributed by atoms with Crippen LogP contribution in [0, 0.1) is 0 Å². The third kappa shape index (κ3) is 41.6. The molecule has 0 aromatic rings. The summed E-state index contributed by atoms with van der Waals surface area (Å²) in [4.78, 5) is 52.2. The minimum Gasteiger partial charge on any atom is -0.462 e. The molecule has 0 aliphatic carbocycles. The number of carbonyl (C=O) groups excluding carboxylic acids is 2. The van der Waals surface area contributed by atoms with E-state index in [2.05, 4.69) is 47.0 Å². The molecule has 0 amide bonds. The quantitative estimate of drug-likeness (QED) is 0.0200. The van der Waals surface area contributed by atoms with Crippen LogP contribution < -0.4 is 6.15 Å². The van der Waals surface area contributed by atoms with E-state index < -0.39 is 46.9 Å². The monoisotopic (exact) mass is 797 g/mol. The molecular formula is C39H77NO11P2.